The van der Waals surface area contributed by atoms with Gasteiger partial charge in [0, 0.05) is 32.2 Å². The van der Waals surface area contributed by atoms with Gasteiger partial charge in [0.05, 0.1) is 22.7 Å². The number of ether oxygens (including phenoxy) is 1. The van der Waals surface area contributed by atoms with Crippen LogP contribution in [0.5, 0.6) is 5.75 Å². The summed E-state index contributed by atoms with van der Waals surface area (Å²) in [6.45, 7) is 3.04. The van der Waals surface area contributed by atoms with Crippen molar-refractivity contribution in [2.75, 3.05) is 33.3 Å². The number of methoxy groups -OCH3 is 1. The molecule has 2 aromatic carbocycles. The standard InChI is InChI=1S/C22H23Cl2FN2O2/c1-29-20-4-2-3-17(21(20)24)22(28)27-10-9-26-12-15(5-7-16(26)13-27)14-6-8-19(25)18(23)11-14/h2-4,6,8,11,15-16H,5,7,9-10,12-13H2,1H3/t15-,16+/m1/s1. The SMILES string of the molecule is COc1cccc(C(=O)N2CCN3C[C@H](c4ccc(F)c(Cl)c4)CC[C@H]3C2)c1Cl. The number of hydrogen-bond acceptors (Lipinski definition) is 3. The van der Waals surface area contributed by atoms with Crippen molar-refractivity contribution in [1.29, 1.82) is 0 Å². The number of nitrogens with zero attached hydrogens (tertiary/aromatic N) is 2. The molecule has 2 atom stereocenters. The summed E-state index contributed by atoms with van der Waals surface area (Å²) in [5, 5.41) is 0.537. The molecule has 0 bridgehead atoms. The Morgan fingerprint density at radius 1 is 1.14 bits per heavy atom. The Morgan fingerprint density at radius 3 is 2.72 bits per heavy atom. The van der Waals surface area contributed by atoms with Crippen LogP contribution in [-0.4, -0.2) is 55.0 Å². The fourth-order valence-corrected chi connectivity index (χ4v) is 4.87. The number of hydrogen-bond donors (Lipinski definition) is 0. The van der Waals surface area contributed by atoms with Crippen LogP contribution in [0.15, 0.2) is 36.4 Å². The molecule has 154 valence electrons. The maximum atomic E-state index is 13.5. The molecule has 2 aliphatic rings. The highest BCUT2D eigenvalue weighted by atomic mass is 35.5. The van der Waals surface area contributed by atoms with Crippen molar-refractivity contribution in [1.82, 2.24) is 9.80 Å². The molecule has 1 amide bonds. The van der Waals surface area contributed by atoms with Gasteiger partial charge < -0.3 is 9.64 Å². The Labute approximate surface area is 180 Å². The van der Waals surface area contributed by atoms with E-state index in [9.17, 15) is 9.18 Å². The molecular weight excluding hydrogens is 414 g/mol. The Bertz CT molecular complexity index is 924. The molecule has 4 nitrogen and oxygen atoms in total. The molecular formula is C22H23Cl2FN2O2. The molecule has 0 N–H and O–H groups in total. The quantitative estimate of drug-likeness (QED) is 0.689. The van der Waals surface area contributed by atoms with Crippen molar-refractivity contribution in [3.05, 3.63) is 63.4 Å². The average Bonchev–Trinajstić information content (AvgIpc) is 2.74. The van der Waals surface area contributed by atoms with Crippen LogP contribution in [0, 0.1) is 5.82 Å². The lowest BCUT2D eigenvalue weighted by atomic mass is 9.86. The molecule has 2 fully saturated rings. The van der Waals surface area contributed by atoms with E-state index in [-0.39, 0.29) is 16.7 Å². The van der Waals surface area contributed by atoms with Gasteiger partial charge in [-0.3, -0.25) is 9.69 Å². The number of piperidine rings is 1. The second-order valence-electron chi connectivity index (χ2n) is 7.67. The first kappa shape index (κ1) is 20.5. The van der Waals surface area contributed by atoms with E-state index in [0.717, 1.165) is 31.5 Å². The minimum atomic E-state index is -0.382. The van der Waals surface area contributed by atoms with E-state index < -0.39 is 0 Å². The summed E-state index contributed by atoms with van der Waals surface area (Å²) < 4.78 is 18.7. The molecule has 0 radical (unpaired) electrons. The maximum absolute atomic E-state index is 13.5. The normalized spacial score (nSPS) is 22.3. The first-order valence-corrected chi connectivity index (χ1v) is 10.5. The fourth-order valence-electron chi connectivity index (χ4n) is 4.40. The minimum Gasteiger partial charge on any atom is -0.495 e. The van der Waals surface area contributed by atoms with Gasteiger partial charge in [-0.2, -0.15) is 0 Å². The van der Waals surface area contributed by atoms with Crippen LogP contribution in [-0.2, 0) is 0 Å². The molecule has 0 aliphatic carbocycles. The van der Waals surface area contributed by atoms with Gasteiger partial charge in [-0.25, -0.2) is 4.39 Å². The predicted molar refractivity (Wildman–Crippen MR) is 113 cm³/mol. The first-order chi connectivity index (χ1) is 14.0. The molecule has 29 heavy (non-hydrogen) atoms. The van der Waals surface area contributed by atoms with Crippen molar-refractivity contribution in [2.45, 2.75) is 24.8 Å². The van der Waals surface area contributed by atoms with Crippen LogP contribution < -0.4 is 4.74 Å². The summed E-state index contributed by atoms with van der Waals surface area (Å²) in [7, 11) is 1.54. The highest BCUT2D eigenvalue weighted by Crippen LogP contribution is 2.34. The number of halogens is 3. The third kappa shape index (κ3) is 4.09. The number of carbonyl (C=O) groups excluding carboxylic acids is 1. The van der Waals surface area contributed by atoms with Gasteiger partial charge in [0.1, 0.15) is 11.6 Å². The van der Waals surface area contributed by atoms with Gasteiger partial charge >= 0.3 is 0 Å². The minimum absolute atomic E-state index is 0.0546. The van der Waals surface area contributed by atoms with Crippen molar-refractivity contribution >= 4 is 29.1 Å². The van der Waals surface area contributed by atoms with Crippen LogP contribution in [0.3, 0.4) is 0 Å². The summed E-state index contributed by atoms with van der Waals surface area (Å²) in [6.07, 6.45) is 1.97. The third-order valence-electron chi connectivity index (χ3n) is 6.02. The van der Waals surface area contributed by atoms with Gasteiger partial charge in [-0.15, -0.1) is 0 Å². The Morgan fingerprint density at radius 2 is 1.97 bits per heavy atom. The van der Waals surface area contributed by atoms with Crippen LogP contribution >= 0.6 is 23.2 Å². The number of rotatable bonds is 3. The smallest absolute Gasteiger partial charge is 0.255 e. The van der Waals surface area contributed by atoms with E-state index in [4.69, 9.17) is 27.9 Å². The molecule has 2 aliphatic heterocycles. The summed E-state index contributed by atoms with van der Waals surface area (Å²) in [5.41, 5.74) is 1.56. The van der Waals surface area contributed by atoms with Crippen molar-refractivity contribution in [3.8, 4) is 5.75 Å². The second kappa shape index (κ2) is 8.50. The molecule has 0 spiro atoms. The molecule has 0 saturated carbocycles. The highest BCUT2D eigenvalue weighted by Gasteiger charge is 2.35. The Hall–Kier alpha value is -1.82. The van der Waals surface area contributed by atoms with Gasteiger partial charge in [-0.05, 0) is 48.6 Å². The van der Waals surface area contributed by atoms with E-state index in [1.807, 2.05) is 11.0 Å². The lowest BCUT2D eigenvalue weighted by molar-refractivity contribution is 0.0329. The van der Waals surface area contributed by atoms with E-state index in [2.05, 4.69) is 4.90 Å². The van der Waals surface area contributed by atoms with Crippen LogP contribution in [0.25, 0.3) is 0 Å². The summed E-state index contributed by atoms with van der Waals surface area (Å²) in [5.74, 6) is 0.405. The molecule has 2 saturated heterocycles. The first-order valence-electron chi connectivity index (χ1n) is 9.78. The Kier molecular flexibility index (Phi) is 6.00. The maximum Gasteiger partial charge on any atom is 0.255 e. The van der Waals surface area contributed by atoms with E-state index in [1.54, 1.807) is 31.4 Å². The number of piperazine rings is 1. The van der Waals surface area contributed by atoms with Crippen LogP contribution in [0.4, 0.5) is 4.39 Å². The third-order valence-corrected chi connectivity index (χ3v) is 6.70. The number of benzene rings is 2. The predicted octanol–water partition coefficient (Wildman–Crippen LogP) is 4.85. The lowest BCUT2D eigenvalue weighted by Gasteiger charge is -2.46. The van der Waals surface area contributed by atoms with Crippen molar-refractivity contribution < 1.29 is 13.9 Å². The Balaban J connectivity index is 1.43. The molecule has 0 unspecified atom stereocenters. The number of fused-ring (bicyclic) bond motifs is 1. The zero-order valence-corrected chi connectivity index (χ0v) is 17.7. The lowest BCUT2D eigenvalue weighted by Crippen LogP contribution is -2.57. The van der Waals surface area contributed by atoms with Gasteiger partial charge in [0.15, 0.2) is 0 Å². The summed E-state index contributed by atoms with van der Waals surface area (Å²) in [6, 6.07) is 10.6. The van der Waals surface area contributed by atoms with E-state index >= 15 is 0 Å². The number of amides is 1. The highest BCUT2D eigenvalue weighted by molar-refractivity contribution is 6.35. The monoisotopic (exact) mass is 436 g/mol. The molecule has 2 aromatic rings. The zero-order valence-electron chi connectivity index (χ0n) is 16.2. The van der Waals surface area contributed by atoms with Crippen molar-refractivity contribution in [2.24, 2.45) is 0 Å². The second-order valence-corrected chi connectivity index (χ2v) is 8.45. The van der Waals surface area contributed by atoms with E-state index in [1.165, 1.54) is 6.07 Å². The summed E-state index contributed by atoms with van der Waals surface area (Å²) in [4.78, 5) is 17.4. The van der Waals surface area contributed by atoms with Crippen molar-refractivity contribution in [3.63, 3.8) is 0 Å². The number of carbonyl (C=O) groups is 1. The van der Waals surface area contributed by atoms with Gasteiger partial charge in [0.2, 0.25) is 0 Å². The average molecular weight is 437 g/mol. The molecule has 4 rings (SSSR count). The largest absolute Gasteiger partial charge is 0.495 e. The molecule has 2 heterocycles. The van der Waals surface area contributed by atoms with Crippen LogP contribution in [0.1, 0.15) is 34.7 Å². The molecule has 7 heteroatoms. The van der Waals surface area contributed by atoms with E-state index in [0.29, 0.717) is 41.4 Å². The van der Waals surface area contributed by atoms with Gasteiger partial charge in [-0.1, -0.05) is 35.3 Å². The van der Waals surface area contributed by atoms with Crippen LogP contribution in [0.2, 0.25) is 10.0 Å². The molecule has 0 aromatic heterocycles. The zero-order chi connectivity index (χ0) is 20.5. The fraction of sp³-hybridized carbons (Fsp3) is 0.409. The van der Waals surface area contributed by atoms with Gasteiger partial charge in [0.25, 0.3) is 5.91 Å². The summed E-state index contributed by atoms with van der Waals surface area (Å²) >= 11 is 12.3. The topological polar surface area (TPSA) is 32.8 Å².